The van der Waals surface area contributed by atoms with E-state index in [9.17, 15) is 14.7 Å². The van der Waals surface area contributed by atoms with E-state index in [2.05, 4.69) is 20.9 Å². The number of methoxy groups -OCH3 is 2. The maximum absolute atomic E-state index is 12.9. The number of hydrogen-bond donors (Lipinski definition) is 0. The summed E-state index contributed by atoms with van der Waals surface area (Å²) < 4.78 is 11.4. The van der Waals surface area contributed by atoms with Crippen LogP contribution in [-0.4, -0.2) is 42.7 Å². The van der Waals surface area contributed by atoms with Crippen LogP contribution in [0.25, 0.3) is 6.08 Å². The molecule has 0 N–H and O–H groups in total. The van der Waals surface area contributed by atoms with E-state index in [1.807, 2.05) is 13.0 Å². The number of carboxylic acid groups (broad SMARTS) is 1. The molecule has 0 aromatic heterocycles. The first-order valence-corrected chi connectivity index (χ1v) is 10.5. The molecule has 0 radical (unpaired) electrons. The van der Waals surface area contributed by atoms with Crippen LogP contribution in [-0.2, 0) is 4.79 Å². The summed E-state index contributed by atoms with van der Waals surface area (Å²) in [6, 6.07) is 9.64. The number of amidine groups is 1. The maximum atomic E-state index is 12.9. The van der Waals surface area contributed by atoms with Gasteiger partial charge in [-0.15, -0.1) is 0 Å². The summed E-state index contributed by atoms with van der Waals surface area (Å²) in [7, 11) is 3.11. The van der Waals surface area contributed by atoms with E-state index >= 15 is 0 Å². The second kappa shape index (κ2) is 9.36. The van der Waals surface area contributed by atoms with Gasteiger partial charge in [-0.3, -0.25) is 9.69 Å². The zero-order chi connectivity index (χ0) is 21.8. The first kappa shape index (κ1) is 21.9. The second-order valence-corrected chi connectivity index (χ2v) is 7.98. The summed E-state index contributed by atoms with van der Waals surface area (Å²) in [5.41, 5.74) is 1.16. The van der Waals surface area contributed by atoms with Gasteiger partial charge in [0.2, 0.25) is 0 Å². The Labute approximate surface area is 186 Å². The first-order chi connectivity index (χ1) is 14.4. The molecule has 1 saturated heterocycles. The Balaban J connectivity index is 1.99. The van der Waals surface area contributed by atoms with E-state index in [1.165, 1.54) is 28.8 Å². The second-order valence-electron chi connectivity index (χ2n) is 6.12. The van der Waals surface area contributed by atoms with Gasteiger partial charge in [0.05, 0.1) is 35.3 Å². The highest BCUT2D eigenvalue weighted by molar-refractivity contribution is 9.10. The summed E-state index contributed by atoms with van der Waals surface area (Å²) in [6.07, 6.45) is 1.73. The van der Waals surface area contributed by atoms with Crippen LogP contribution in [0.2, 0.25) is 0 Å². The molecule has 156 valence electrons. The molecule has 2 aromatic carbocycles. The predicted octanol–water partition coefficient (Wildman–Crippen LogP) is 3.45. The third kappa shape index (κ3) is 4.52. The van der Waals surface area contributed by atoms with Crippen molar-refractivity contribution < 1.29 is 24.2 Å². The van der Waals surface area contributed by atoms with Crippen LogP contribution in [0.3, 0.4) is 0 Å². The number of thioether (sulfide) groups is 1. The number of aromatic carboxylic acids is 1. The normalized spacial score (nSPS) is 16.4. The van der Waals surface area contributed by atoms with E-state index in [1.54, 1.807) is 38.5 Å². The number of carbonyl (C=O) groups is 2. The van der Waals surface area contributed by atoms with Crippen molar-refractivity contribution in [3.8, 4) is 11.5 Å². The zero-order valence-electron chi connectivity index (χ0n) is 16.5. The number of carboxylic acids is 1. The van der Waals surface area contributed by atoms with E-state index in [0.717, 1.165) is 4.47 Å². The molecule has 0 aliphatic carbocycles. The van der Waals surface area contributed by atoms with Gasteiger partial charge in [0.1, 0.15) is 11.5 Å². The summed E-state index contributed by atoms with van der Waals surface area (Å²) in [5, 5.41) is 11.6. The molecular weight excluding hydrogens is 472 g/mol. The third-order valence-corrected chi connectivity index (χ3v) is 5.93. The highest BCUT2D eigenvalue weighted by Crippen LogP contribution is 2.38. The van der Waals surface area contributed by atoms with Crippen LogP contribution in [0.4, 0.5) is 5.69 Å². The lowest BCUT2D eigenvalue weighted by Crippen LogP contribution is -2.28. The van der Waals surface area contributed by atoms with Crippen LogP contribution in [0.5, 0.6) is 11.5 Å². The Morgan fingerprint density at radius 3 is 2.60 bits per heavy atom. The van der Waals surface area contributed by atoms with Crippen LogP contribution < -0.4 is 14.6 Å². The van der Waals surface area contributed by atoms with Crippen molar-refractivity contribution in [2.24, 2.45) is 4.99 Å². The zero-order valence-corrected chi connectivity index (χ0v) is 18.9. The predicted molar refractivity (Wildman–Crippen MR) is 118 cm³/mol. The molecule has 1 amide bonds. The minimum Gasteiger partial charge on any atom is -0.545 e. The monoisotopic (exact) mass is 489 g/mol. The van der Waals surface area contributed by atoms with Gasteiger partial charge >= 0.3 is 0 Å². The van der Waals surface area contributed by atoms with Gasteiger partial charge in [0, 0.05) is 18.2 Å². The number of benzene rings is 2. The molecule has 9 heteroatoms. The van der Waals surface area contributed by atoms with Crippen molar-refractivity contribution in [1.29, 1.82) is 0 Å². The average Bonchev–Trinajstić information content (AvgIpc) is 3.02. The smallest absolute Gasteiger partial charge is 0.266 e. The lowest BCUT2D eigenvalue weighted by molar-refractivity contribution is -0.255. The highest BCUT2D eigenvalue weighted by atomic mass is 79.9. The number of ether oxygens (including phenoxy) is 2. The highest BCUT2D eigenvalue weighted by Gasteiger charge is 2.32. The fraction of sp³-hybridized carbons (Fsp3) is 0.190. The van der Waals surface area contributed by atoms with Crippen LogP contribution in [0.1, 0.15) is 22.8 Å². The number of aliphatic imine (C=N–C) groups is 1. The minimum absolute atomic E-state index is 0.0257. The Bertz CT molecular complexity index is 1070. The van der Waals surface area contributed by atoms with Gasteiger partial charge < -0.3 is 19.4 Å². The van der Waals surface area contributed by atoms with E-state index in [0.29, 0.717) is 39.4 Å². The van der Waals surface area contributed by atoms with Crippen molar-refractivity contribution in [3.63, 3.8) is 0 Å². The van der Waals surface area contributed by atoms with Gasteiger partial charge in [0.25, 0.3) is 5.91 Å². The molecule has 0 unspecified atom stereocenters. The topological polar surface area (TPSA) is 91.3 Å². The van der Waals surface area contributed by atoms with Gasteiger partial charge in [-0.25, -0.2) is 4.99 Å². The van der Waals surface area contributed by atoms with E-state index in [4.69, 9.17) is 9.47 Å². The number of amides is 1. The fourth-order valence-electron chi connectivity index (χ4n) is 2.82. The SMILES string of the molecule is CCN1C(=O)/C(=C/c2cc(Br)c(OC)cc2OC)SC1=Nc1cccc(C(=O)[O-])c1. The van der Waals surface area contributed by atoms with E-state index in [-0.39, 0.29) is 11.5 Å². The number of hydrogen-bond acceptors (Lipinski definition) is 7. The van der Waals surface area contributed by atoms with Crippen molar-refractivity contribution in [3.05, 3.63) is 56.9 Å². The molecule has 0 saturated carbocycles. The number of halogens is 1. The Morgan fingerprint density at radius 1 is 1.23 bits per heavy atom. The molecule has 3 rings (SSSR count). The Hall–Kier alpha value is -2.78. The summed E-state index contributed by atoms with van der Waals surface area (Å²) in [6.45, 7) is 2.27. The first-order valence-electron chi connectivity index (χ1n) is 8.91. The number of nitrogens with zero attached hydrogens (tertiary/aromatic N) is 2. The maximum Gasteiger partial charge on any atom is 0.266 e. The average molecular weight is 490 g/mol. The largest absolute Gasteiger partial charge is 0.545 e. The summed E-state index contributed by atoms with van der Waals surface area (Å²) >= 11 is 4.66. The van der Waals surface area contributed by atoms with Crippen LogP contribution in [0.15, 0.2) is 50.8 Å². The van der Waals surface area contributed by atoms with Gasteiger partial charge in [-0.05, 0) is 64.5 Å². The number of carbonyl (C=O) groups excluding carboxylic acids is 2. The molecule has 7 nitrogen and oxygen atoms in total. The quantitative estimate of drug-likeness (QED) is 0.577. The molecule has 1 aliphatic heterocycles. The van der Waals surface area contributed by atoms with Gasteiger partial charge in [0.15, 0.2) is 5.17 Å². The van der Waals surface area contributed by atoms with Gasteiger partial charge in [-0.1, -0.05) is 12.1 Å². The van der Waals surface area contributed by atoms with Crippen molar-refractivity contribution in [1.82, 2.24) is 4.90 Å². The van der Waals surface area contributed by atoms with Crippen molar-refractivity contribution in [2.45, 2.75) is 6.92 Å². The number of rotatable bonds is 6. The molecule has 30 heavy (non-hydrogen) atoms. The molecular formula is C21H18BrN2O5S-. The van der Waals surface area contributed by atoms with Crippen molar-refractivity contribution in [2.75, 3.05) is 20.8 Å². The Kier molecular flexibility index (Phi) is 6.84. The molecule has 1 fully saturated rings. The molecule has 0 bridgehead atoms. The lowest BCUT2D eigenvalue weighted by Gasteiger charge is -2.12. The van der Waals surface area contributed by atoms with Gasteiger partial charge in [-0.2, -0.15) is 0 Å². The molecule has 0 atom stereocenters. The summed E-state index contributed by atoms with van der Waals surface area (Å²) in [4.78, 5) is 30.5. The van der Waals surface area contributed by atoms with Crippen LogP contribution in [0, 0.1) is 0 Å². The molecule has 2 aromatic rings. The minimum atomic E-state index is -1.28. The molecule has 1 heterocycles. The lowest BCUT2D eigenvalue weighted by atomic mass is 10.1. The molecule has 0 spiro atoms. The standard InChI is InChI=1S/C21H19BrN2O5S/c1-4-24-19(25)18(10-13-9-15(22)17(29-3)11-16(13)28-2)30-21(24)23-14-7-5-6-12(8-14)20(26)27/h5-11H,4H2,1-3H3,(H,26,27)/p-1/b18-10-,23-21?. The number of likely N-dealkylation sites (N-methyl/N-ethyl adjacent to an activating group) is 1. The van der Waals surface area contributed by atoms with E-state index < -0.39 is 5.97 Å². The van der Waals surface area contributed by atoms with Crippen molar-refractivity contribution >= 4 is 56.5 Å². The van der Waals surface area contributed by atoms with Crippen LogP contribution >= 0.6 is 27.7 Å². The Morgan fingerprint density at radius 2 is 1.97 bits per heavy atom. The molecule has 1 aliphatic rings. The fourth-order valence-corrected chi connectivity index (χ4v) is 4.40. The third-order valence-electron chi connectivity index (χ3n) is 4.30. The summed E-state index contributed by atoms with van der Waals surface area (Å²) in [5.74, 6) is -0.292.